The molecule has 0 unspecified atom stereocenters. The molecule has 8 rings (SSSR count). The van der Waals surface area contributed by atoms with Crippen molar-refractivity contribution in [2.45, 2.75) is 84.2 Å². The van der Waals surface area contributed by atoms with E-state index in [2.05, 4.69) is 37.3 Å². The number of hydrogen-bond acceptors (Lipinski definition) is 8. The van der Waals surface area contributed by atoms with E-state index in [9.17, 15) is 14.4 Å². The van der Waals surface area contributed by atoms with Gasteiger partial charge in [0.15, 0.2) is 0 Å². The fourth-order valence-electron chi connectivity index (χ4n) is 8.55. The third kappa shape index (κ3) is 8.21. The van der Waals surface area contributed by atoms with E-state index in [-0.39, 0.29) is 23.7 Å². The Morgan fingerprint density at radius 3 is 1.65 bits per heavy atom. The van der Waals surface area contributed by atoms with Crippen LogP contribution in [0.4, 0.5) is 11.4 Å². The number of aromatic nitrogens is 2. The molecule has 2 aliphatic heterocycles. The summed E-state index contributed by atoms with van der Waals surface area (Å²) >= 11 is 0. The molecule has 4 heterocycles. The number of carbonyl (C=O) groups excluding carboxylic acids is 3. The van der Waals surface area contributed by atoms with Gasteiger partial charge < -0.3 is 15.4 Å². The minimum Gasteiger partial charge on any atom is -0.469 e. The molecule has 286 valence electrons. The van der Waals surface area contributed by atoms with Crippen molar-refractivity contribution in [3.05, 3.63) is 106 Å². The number of amides is 2. The molecule has 10 nitrogen and oxygen atoms in total. The first kappa shape index (κ1) is 37.0. The number of pyridine rings is 2. The maximum Gasteiger partial charge on any atom is 0.310 e. The summed E-state index contributed by atoms with van der Waals surface area (Å²) in [6, 6.07) is 15.8. The smallest absolute Gasteiger partial charge is 0.310 e. The SMILES string of the molecule is COC(=O)[C@@H]1CCN(Cc2cnc(C(=O)Nc3cccc(-c4cccc(NC(=O)c5cc(C6CC6)c(CN6CC[C@@H](C)C6)cn5)c4C)c3C)cc2C2CC2)C1. The number of hydrogen-bond donors (Lipinski definition) is 2. The van der Waals surface area contributed by atoms with Crippen molar-refractivity contribution in [1.82, 2.24) is 19.8 Å². The van der Waals surface area contributed by atoms with Crippen molar-refractivity contribution in [2.75, 3.05) is 43.9 Å². The second kappa shape index (κ2) is 15.7. The van der Waals surface area contributed by atoms with Crippen LogP contribution >= 0.6 is 0 Å². The summed E-state index contributed by atoms with van der Waals surface area (Å²) in [7, 11) is 1.44. The van der Waals surface area contributed by atoms with Crippen molar-refractivity contribution >= 4 is 29.2 Å². The number of esters is 1. The quantitative estimate of drug-likeness (QED) is 0.141. The number of rotatable bonds is 12. The molecule has 2 aromatic heterocycles. The lowest BCUT2D eigenvalue weighted by atomic mass is 9.94. The number of nitrogens with one attached hydrogen (secondary N) is 2. The molecule has 2 saturated heterocycles. The van der Waals surface area contributed by atoms with E-state index in [1.165, 1.54) is 43.1 Å². The standard InChI is InChI=1S/C45H52N6O4/c1-27-15-17-50(23-27)25-33-21-46-41(19-37(33)30-11-12-30)43(52)48-39-9-5-7-35(28(39)2)36-8-6-10-40(29(36)3)49-44(53)42-20-38(31-13-14-31)34(22-47-42)26-51-18-16-32(24-51)45(54)55-4/h5-10,19-22,27,30-32H,11-18,23-26H2,1-4H3,(H,48,52)(H,49,53)/t27-,32-/m1/s1. The Kier molecular flexibility index (Phi) is 10.5. The number of ether oxygens (including phenoxy) is 1. The molecule has 2 saturated carbocycles. The first-order chi connectivity index (χ1) is 26.6. The van der Waals surface area contributed by atoms with Gasteiger partial charge in [-0.2, -0.15) is 0 Å². The number of methoxy groups -OCH3 is 1. The van der Waals surface area contributed by atoms with Gasteiger partial charge in [0, 0.05) is 49.9 Å². The minimum absolute atomic E-state index is 0.0922. The first-order valence-corrected chi connectivity index (χ1v) is 20.0. The maximum absolute atomic E-state index is 13.7. The molecule has 2 N–H and O–H groups in total. The summed E-state index contributed by atoms with van der Waals surface area (Å²) in [5.41, 5.74) is 10.9. The second-order valence-corrected chi connectivity index (χ2v) is 16.3. The van der Waals surface area contributed by atoms with E-state index in [0.717, 1.165) is 84.9 Å². The zero-order valence-corrected chi connectivity index (χ0v) is 32.5. The predicted molar refractivity (Wildman–Crippen MR) is 214 cm³/mol. The summed E-state index contributed by atoms with van der Waals surface area (Å²) in [6.07, 6.45) is 10.3. The van der Waals surface area contributed by atoms with Crippen LogP contribution in [0.15, 0.2) is 60.9 Å². The summed E-state index contributed by atoms with van der Waals surface area (Å²) in [5, 5.41) is 6.28. The van der Waals surface area contributed by atoms with Gasteiger partial charge in [0.1, 0.15) is 11.4 Å². The van der Waals surface area contributed by atoms with E-state index in [0.29, 0.717) is 42.0 Å². The molecule has 2 amide bonds. The summed E-state index contributed by atoms with van der Waals surface area (Å²) in [4.78, 5) is 53.5. The average molecular weight is 741 g/mol. The topological polar surface area (TPSA) is 117 Å². The van der Waals surface area contributed by atoms with Gasteiger partial charge in [0.2, 0.25) is 0 Å². The summed E-state index contributed by atoms with van der Waals surface area (Å²) < 4.78 is 4.97. The van der Waals surface area contributed by atoms with E-state index in [1.807, 2.05) is 74.8 Å². The van der Waals surface area contributed by atoms with Crippen LogP contribution in [0.25, 0.3) is 11.1 Å². The molecule has 2 aromatic carbocycles. The highest BCUT2D eigenvalue weighted by Gasteiger charge is 2.33. The van der Waals surface area contributed by atoms with E-state index in [1.54, 1.807) is 0 Å². The Bertz CT molecular complexity index is 2120. The maximum atomic E-state index is 13.7. The molecular formula is C45H52N6O4. The van der Waals surface area contributed by atoms with Crippen molar-refractivity contribution in [1.29, 1.82) is 0 Å². The van der Waals surface area contributed by atoms with E-state index >= 15 is 0 Å². The number of carbonyl (C=O) groups is 3. The highest BCUT2D eigenvalue weighted by atomic mass is 16.5. The van der Waals surface area contributed by atoms with Crippen molar-refractivity contribution in [2.24, 2.45) is 11.8 Å². The van der Waals surface area contributed by atoms with Gasteiger partial charge in [-0.3, -0.25) is 34.2 Å². The Hall–Kier alpha value is -4.93. The Morgan fingerprint density at radius 1 is 0.709 bits per heavy atom. The number of nitrogens with zero attached hydrogens (tertiary/aromatic N) is 4. The van der Waals surface area contributed by atoms with Gasteiger partial charge >= 0.3 is 5.97 Å². The molecule has 4 aromatic rings. The van der Waals surface area contributed by atoms with Crippen molar-refractivity contribution in [3.63, 3.8) is 0 Å². The fraction of sp³-hybridized carbons (Fsp3) is 0.444. The van der Waals surface area contributed by atoms with Crippen LogP contribution < -0.4 is 10.6 Å². The lowest BCUT2D eigenvalue weighted by molar-refractivity contribution is -0.144. The lowest BCUT2D eigenvalue weighted by Gasteiger charge is -2.19. The van der Waals surface area contributed by atoms with Crippen LogP contribution in [0.2, 0.25) is 0 Å². The average Bonchev–Trinajstić information content (AvgIpc) is 4.12. The van der Waals surface area contributed by atoms with Gasteiger partial charge in [0.05, 0.1) is 13.0 Å². The molecule has 0 bridgehead atoms. The van der Waals surface area contributed by atoms with Crippen molar-refractivity contribution < 1.29 is 19.1 Å². The molecular weight excluding hydrogens is 689 g/mol. The van der Waals surface area contributed by atoms with Crippen LogP contribution in [0.1, 0.15) is 112 Å². The van der Waals surface area contributed by atoms with E-state index in [4.69, 9.17) is 4.74 Å². The van der Waals surface area contributed by atoms with Gasteiger partial charge in [-0.15, -0.1) is 0 Å². The normalized spacial score (nSPS) is 20.1. The van der Waals surface area contributed by atoms with Crippen LogP contribution in [0.5, 0.6) is 0 Å². The van der Waals surface area contributed by atoms with Gasteiger partial charge in [-0.25, -0.2) is 0 Å². The molecule has 0 radical (unpaired) electrons. The van der Waals surface area contributed by atoms with Crippen molar-refractivity contribution in [3.8, 4) is 11.1 Å². The van der Waals surface area contributed by atoms with E-state index < -0.39 is 0 Å². The second-order valence-electron chi connectivity index (χ2n) is 16.3. The lowest BCUT2D eigenvalue weighted by Crippen LogP contribution is -2.24. The zero-order chi connectivity index (χ0) is 38.2. The van der Waals surface area contributed by atoms with Crippen LogP contribution in [-0.4, -0.2) is 70.8 Å². The highest BCUT2D eigenvalue weighted by molar-refractivity contribution is 6.05. The summed E-state index contributed by atoms with van der Waals surface area (Å²) in [5.74, 6) is 0.972. The molecule has 4 aliphatic rings. The van der Waals surface area contributed by atoms with Crippen LogP contribution in [0, 0.1) is 25.7 Å². The van der Waals surface area contributed by atoms with Crippen LogP contribution in [-0.2, 0) is 22.6 Å². The monoisotopic (exact) mass is 740 g/mol. The fourth-order valence-corrected chi connectivity index (χ4v) is 8.55. The molecule has 0 spiro atoms. The molecule has 10 heteroatoms. The minimum atomic E-state index is -0.252. The number of likely N-dealkylation sites (tertiary alicyclic amines) is 2. The Morgan fingerprint density at radius 2 is 1.20 bits per heavy atom. The number of anilines is 2. The third-order valence-electron chi connectivity index (χ3n) is 12.1. The molecule has 2 aliphatic carbocycles. The van der Waals surface area contributed by atoms with Gasteiger partial charge in [-0.05, 0) is 152 Å². The molecule has 4 fully saturated rings. The first-order valence-electron chi connectivity index (χ1n) is 20.0. The highest BCUT2D eigenvalue weighted by Crippen LogP contribution is 2.43. The third-order valence-corrected chi connectivity index (χ3v) is 12.1. The number of benzene rings is 2. The summed E-state index contributed by atoms with van der Waals surface area (Å²) in [6.45, 7) is 11.7. The largest absolute Gasteiger partial charge is 0.469 e. The van der Waals surface area contributed by atoms with Gasteiger partial charge in [0.25, 0.3) is 11.8 Å². The predicted octanol–water partition coefficient (Wildman–Crippen LogP) is 7.86. The Balaban J connectivity index is 0.963. The Labute approximate surface area is 324 Å². The van der Waals surface area contributed by atoms with Gasteiger partial charge in [-0.1, -0.05) is 31.2 Å². The molecule has 2 atom stereocenters. The zero-order valence-electron chi connectivity index (χ0n) is 32.5. The van der Waals surface area contributed by atoms with Crippen LogP contribution in [0.3, 0.4) is 0 Å². The molecule has 55 heavy (non-hydrogen) atoms.